The maximum Gasteiger partial charge on any atom is 0.189 e. The molecule has 2 N–H and O–H groups in total. The van der Waals surface area contributed by atoms with E-state index in [9.17, 15) is 0 Å². The zero-order valence-corrected chi connectivity index (χ0v) is 9.87. The van der Waals surface area contributed by atoms with Crippen LogP contribution in [0.25, 0.3) is 0 Å². The van der Waals surface area contributed by atoms with Crippen LogP contribution in [-0.4, -0.2) is 15.0 Å². The SMILES string of the molecule is Nc1nc(SCc2ccccn2)ncc1Cl. The number of nitrogens with two attached hydrogens (primary N) is 1. The molecule has 2 rings (SSSR count). The van der Waals surface area contributed by atoms with Gasteiger partial charge in [-0.05, 0) is 12.1 Å². The van der Waals surface area contributed by atoms with E-state index in [-0.39, 0.29) is 0 Å². The lowest BCUT2D eigenvalue weighted by Crippen LogP contribution is -1.95. The van der Waals surface area contributed by atoms with Gasteiger partial charge in [-0.25, -0.2) is 9.97 Å². The third-order valence-electron chi connectivity index (χ3n) is 1.82. The Kier molecular flexibility index (Phi) is 3.58. The molecule has 0 saturated carbocycles. The Bertz CT molecular complexity index is 478. The minimum Gasteiger partial charge on any atom is -0.382 e. The molecule has 82 valence electrons. The quantitative estimate of drug-likeness (QED) is 0.671. The van der Waals surface area contributed by atoms with E-state index in [1.165, 1.54) is 18.0 Å². The molecule has 0 aliphatic heterocycles. The second-order valence-electron chi connectivity index (χ2n) is 3.00. The summed E-state index contributed by atoms with van der Waals surface area (Å²) in [5, 5.41) is 0.981. The lowest BCUT2D eigenvalue weighted by atomic mass is 10.4. The molecular weight excluding hydrogens is 244 g/mol. The minimum atomic E-state index is 0.306. The van der Waals surface area contributed by atoms with Crippen molar-refractivity contribution in [3.63, 3.8) is 0 Å². The van der Waals surface area contributed by atoms with Crippen LogP contribution < -0.4 is 5.73 Å². The number of hydrogen-bond donors (Lipinski definition) is 1. The van der Waals surface area contributed by atoms with Crippen LogP contribution in [0.3, 0.4) is 0 Å². The van der Waals surface area contributed by atoms with Crippen molar-refractivity contribution in [2.24, 2.45) is 0 Å². The lowest BCUT2D eigenvalue weighted by Gasteiger charge is -2.01. The molecule has 0 aromatic carbocycles. The fraction of sp³-hybridized carbons (Fsp3) is 0.100. The Morgan fingerprint density at radius 3 is 2.88 bits per heavy atom. The molecule has 0 bridgehead atoms. The molecule has 2 aromatic heterocycles. The third kappa shape index (κ3) is 2.84. The van der Waals surface area contributed by atoms with Gasteiger partial charge in [0.25, 0.3) is 0 Å². The maximum absolute atomic E-state index is 5.73. The first-order chi connectivity index (χ1) is 7.75. The number of pyridine rings is 1. The summed E-state index contributed by atoms with van der Waals surface area (Å²) in [6.45, 7) is 0. The number of hydrogen-bond acceptors (Lipinski definition) is 5. The smallest absolute Gasteiger partial charge is 0.189 e. The number of aromatic nitrogens is 3. The van der Waals surface area contributed by atoms with Crippen molar-refractivity contribution in [3.8, 4) is 0 Å². The van der Waals surface area contributed by atoms with Crippen molar-refractivity contribution in [2.75, 3.05) is 5.73 Å². The topological polar surface area (TPSA) is 64.7 Å². The van der Waals surface area contributed by atoms with Crippen molar-refractivity contribution < 1.29 is 0 Å². The fourth-order valence-corrected chi connectivity index (χ4v) is 1.88. The Morgan fingerprint density at radius 1 is 1.31 bits per heavy atom. The van der Waals surface area contributed by atoms with Gasteiger partial charge in [0.15, 0.2) is 5.16 Å². The molecule has 0 aliphatic carbocycles. The van der Waals surface area contributed by atoms with Crippen molar-refractivity contribution in [3.05, 3.63) is 41.3 Å². The average Bonchev–Trinajstić information content (AvgIpc) is 2.32. The minimum absolute atomic E-state index is 0.306. The number of halogens is 1. The summed E-state index contributed by atoms with van der Waals surface area (Å²) < 4.78 is 0. The molecule has 16 heavy (non-hydrogen) atoms. The highest BCUT2D eigenvalue weighted by molar-refractivity contribution is 7.98. The van der Waals surface area contributed by atoms with Crippen molar-refractivity contribution >= 4 is 29.2 Å². The molecule has 0 amide bonds. The molecule has 0 spiro atoms. The lowest BCUT2D eigenvalue weighted by molar-refractivity contribution is 0.973. The molecule has 0 aliphatic rings. The first-order valence-electron chi connectivity index (χ1n) is 4.56. The van der Waals surface area contributed by atoms with Crippen LogP contribution in [0.15, 0.2) is 35.7 Å². The highest BCUT2D eigenvalue weighted by Crippen LogP contribution is 2.21. The predicted octanol–water partition coefficient (Wildman–Crippen LogP) is 2.40. The molecule has 0 unspecified atom stereocenters. The normalized spacial score (nSPS) is 10.3. The van der Waals surface area contributed by atoms with Gasteiger partial charge in [-0.15, -0.1) is 0 Å². The number of nitrogens with zero attached hydrogens (tertiary/aromatic N) is 3. The molecule has 0 saturated heterocycles. The Hall–Kier alpha value is -1.33. The zero-order chi connectivity index (χ0) is 11.4. The second-order valence-corrected chi connectivity index (χ2v) is 4.35. The van der Waals surface area contributed by atoms with Gasteiger partial charge in [-0.2, -0.15) is 0 Å². The van der Waals surface area contributed by atoms with Crippen LogP contribution in [0.2, 0.25) is 5.02 Å². The van der Waals surface area contributed by atoms with Gasteiger partial charge in [0.2, 0.25) is 0 Å². The number of nitrogen functional groups attached to an aromatic ring is 1. The van der Waals surface area contributed by atoms with Gasteiger partial charge in [0.1, 0.15) is 10.8 Å². The fourth-order valence-electron chi connectivity index (χ4n) is 1.05. The van der Waals surface area contributed by atoms with E-state index < -0.39 is 0 Å². The first-order valence-corrected chi connectivity index (χ1v) is 5.93. The summed E-state index contributed by atoms with van der Waals surface area (Å²) >= 11 is 7.20. The standard InChI is InChI=1S/C10H9ClN4S/c11-8-5-14-10(15-9(8)12)16-6-7-3-1-2-4-13-7/h1-5H,6H2,(H2,12,14,15). The molecule has 0 radical (unpaired) electrons. The largest absolute Gasteiger partial charge is 0.382 e. The van der Waals surface area contributed by atoms with Crippen LogP contribution in [0.4, 0.5) is 5.82 Å². The van der Waals surface area contributed by atoms with Gasteiger partial charge in [0, 0.05) is 11.9 Å². The summed E-state index contributed by atoms with van der Waals surface area (Å²) in [7, 11) is 0. The highest BCUT2D eigenvalue weighted by Gasteiger charge is 2.03. The maximum atomic E-state index is 5.73. The molecule has 2 aromatic rings. The van der Waals surface area contributed by atoms with E-state index in [0.717, 1.165) is 5.69 Å². The molecule has 0 atom stereocenters. The van der Waals surface area contributed by atoms with E-state index in [1.807, 2.05) is 18.2 Å². The van der Waals surface area contributed by atoms with Crippen LogP contribution in [-0.2, 0) is 5.75 Å². The number of rotatable bonds is 3. The van der Waals surface area contributed by atoms with Crippen molar-refractivity contribution in [1.29, 1.82) is 0 Å². The molecule has 0 fully saturated rings. The van der Waals surface area contributed by atoms with E-state index in [1.54, 1.807) is 6.20 Å². The van der Waals surface area contributed by atoms with Crippen LogP contribution in [0.1, 0.15) is 5.69 Å². The number of thioether (sulfide) groups is 1. The number of anilines is 1. The van der Waals surface area contributed by atoms with Crippen LogP contribution >= 0.6 is 23.4 Å². The predicted molar refractivity (Wildman–Crippen MR) is 65.3 cm³/mol. The second kappa shape index (κ2) is 5.14. The van der Waals surface area contributed by atoms with Crippen LogP contribution in [0, 0.1) is 0 Å². The van der Waals surface area contributed by atoms with E-state index >= 15 is 0 Å². The van der Waals surface area contributed by atoms with Crippen molar-refractivity contribution in [2.45, 2.75) is 10.9 Å². The highest BCUT2D eigenvalue weighted by atomic mass is 35.5. The molecule has 4 nitrogen and oxygen atoms in total. The van der Waals surface area contributed by atoms with Gasteiger partial charge >= 0.3 is 0 Å². The summed E-state index contributed by atoms with van der Waals surface area (Å²) in [6.07, 6.45) is 3.26. The summed E-state index contributed by atoms with van der Waals surface area (Å²) in [4.78, 5) is 12.3. The van der Waals surface area contributed by atoms with Crippen LogP contribution in [0.5, 0.6) is 0 Å². The monoisotopic (exact) mass is 252 g/mol. The Labute approximate surface area is 102 Å². The summed E-state index contributed by atoms with van der Waals surface area (Å²) in [5.41, 5.74) is 6.55. The average molecular weight is 253 g/mol. The van der Waals surface area contributed by atoms with Gasteiger partial charge in [-0.1, -0.05) is 29.4 Å². The third-order valence-corrected chi connectivity index (χ3v) is 3.01. The first kappa shape index (κ1) is 11.2. The molecular formula is C10H9ClN4S. The van der Waals surface area contributed by atoms with Gasteiger partial charge < -0.3 is 5.73 Å². The van der Waals surface area contributed by atoms with E-state index in [2.05, 4.69) is 15.0 Å². The summed E-state index contributed by atoms with van der Waals surface area (Å²) in [6, 6.07) is 5.77. The molecule has 6 heteroatoms. The Morgan fingerprint density at radius 2 is 2.19 bits per heavy atom. The summed E-state index contributed by atoms with van der Waals surface area (Å²) in [5.74, 6) is 1.02. The van der Waals surface area contributed by atoms with E-state index in [0.29, 0.717) is 21.7 Å². The van der Waals surface area contributed by atoms with Gasteiger partial charge in [-0.3, -0.25) is 4.98 Å². The molecule has 2 heterocycles. The van der Waals surface area contributed by atoms with E-state index in [4.69, 9.17) is 17.3 Å². The Balaban J connectivity index is 2.03. The van der Waals surface area contributed by atoms with Crippen molar-refractivity contribution in [1.82, 2.24) is 15.0 Å². The van der Waals surface area contributed by atoms with Gasteiger partial charge in [0.05, 0.1) is 11.9 Å². The zero-order valence-electron chi connectivity index (χ0n) is 8.30.